The average molecular weight is 537 g/mol. The first-order chi connectivity index (χ1) is 16.8. The van der Waals surface area contributed by atoms with Gasteiger partial charge in [0.15, 0.2) is 23.1 Å². The van der Waals surface area contributed by atoms with Gasteiger partial charge in [0.2, 0.25) is 5.43 Å². The summed E-state index contributed by atoms with van der Waals surface area (Å²) in [5.74, 6) is -5.45. The number of hydrogen-bond acceptors (Lipinski definition) is 6. The van der Waals surface area contributed by atoms with Crippen LogP contribution < -0.4 is 15.6 Å². The third-order valence-electron chi connectivity index (χ3n) is 5.39. The number of anilines is 1. The van der Waals surface area contributed by atoms with E-state index in [1.54, 1.807) is 0 Å². The number of nitrogens with one attached hydrogen (secondary N) is 1. The maximum atomic E-state index is 15.0. The van der Waals surface area contributed by atoms with Crippen molar-refractivity contribution >= 4 is 34.4 Å². The molecule has 1 aliphatic heterocycles. The Hall–Kier alpha value is -3.36. The minimum absolute atomic E-state index is 0.246. The number of hydrogen-bond donors (Lipinski definition) is 3. The molecule has 36 heavy (non-hydrogen) atoms. The number of fused-ring (bicyclic) bond motifs is 1. The first-order valence-electron chi connectivity index (χ1n) is 10.1. The Balaban J connectivity index is 1.98. The maximum absolute atomic E-state index is 15.0. The highest BCUT2D eigenvalue weighted by Gasteiger charge is 2.33. The summed E-state index contributed by atoms with van der Waals surface area (Å²) < 4.78 is 81.8. The second kappa shape index (κ2) is 9.26. The number of β-amino-alcohol motifs (C(OH)–C–C–N with tert-alkyl or cyclic N) is 2. The molecule has 192 valence electrons. The lowest BCUT2D eigenvalue weighted by atomic mass is 10.1. The van der Waals surface area contributed by atoms with Crippen LogP contribution in [0.4, 0.5) is 32.2 Å². The van der Waals surface area contributed by atoms with Crippen molar-refractivity contribution in [3.05, 3.63) is 62.7 Å². The standard InChI is InChI=1S/C21H15ClF6N4O4/c22-11-1-8(23)2-12(24)16(11)32-4-10(20(36)29-7-21(26,27)28)17(35)9-3-13(25)19(30-18(9)32)31-5-14(33)15(34)6-31/h1-4,14-15,33-34H,5-7H2,(H,29,36)/t14-,15-/m1/s1. The van der Waals surface area contributed by atoms with Gasteiger partial charge in [-0.3, -0.25) is 14.2 Å². The van der Waals surface area contributed by atoms with Crippen LogP contribution in [0.1, 0.15) is 10.4 Å². The number of aliphatic hydroxyl groups is 2. The summed E-state index contributed by atoms with van der Waals surface area (Å²) in [6, 6.07) is 1.75. The lowest BCUT2D eigenvalue weighted by Gasteiger charge is -2.20. The van der Waals surface area contributed by atoms with Crippen molar-refractivity contribution in [1.82, 2.24) is 14.9 Å². The number of carbonyl (C=O) groups is 1. The van der Waals surface area contributed by atoms with Crippen LogP contribution in [0.5, 0.6) is 0 Å². The van der Waals surface area contributed by atoms with E-state index in [2.05, 4.69) is 4.98 Å². The Labute approximate surface area is 202 Å². The molecule has 1 aromatic carbocycles. The van der Waals surface area contributed by atoms with Crippen molar-refractivity contribution in [3.63, 3.8) is 0 Å². The highest BCUT2D eigenvalue weighted by atomic mass is 35.5. The molecule has 2 aromatic heterocycles. The summed E-state index contributed by atoms with van der Waals surface area (Å²) in [7, 11) is 0. The molecule has 15 heteroatoms. The average Bonchev–Trinajstić information content (AvgIpc) is 3.10. The van der Waals surface area contributed by atoms with Gasteiger partial charge in [-0.25, -0.2) is 18.2 Å². The maximum Gasteiger partial charge on any atom is 0.405 e. The van der Waals surface area contributed by atoms with Crippen molar-refractivity contribution in [2.75, 3.05) is 24.5 Å². The van der Waals surface area contributed by atoms with Crippen molar-refractivity contribution in [2.24, 2.45) is 0 Å². The van der Waals surface area contributed by atoms with Crippen LogP contribution in [-0.4, -0.2) is 63.7 Å². The molecular formula is C21H15ClF6N4O4. The highest BCUT2D eigenvalue weighted by molar-refractivity contribution is 6.32. The largest absolute Gasteiger partial charge is 0.405 e. The molecule has 8 nitrogen and oxygen atoms in total. The number of rotatable bonds is 4. The lowest BCUT2D eigenvalue weighted by Crippen LogP contribution is -2.36. The molecule has 3 N–H and O–H groups in total. The van der Waals surface area contributed by atoms with Gasteiger partial charge >= 0.3 is 6.18 Å². The Morgan fingerprint density at radius 1 is 1.11 bits per heavy atom. The van der Waals surface area contributed by atoms with Gasteiger partial charge in [0.05, 0.1) is 22.6 Å². The first-order valence-corrected chi connectivity index (χ1v) is 10.5. The van der Waals surface area contributed by atoms with Gasteiger partial charge < -0.3 is 20.4 Å². The molecule has 0 aliphatic carbocycles. The molecule has 3 heterocycles. The molecule has 1 amide bonds. The normalized spacial score (nSPS) is 18.2. The van der Waals surface area contributed by atoms with Gasteiger partial charge in [-0.05, 0) is 12.1 Å². The third-order valence-corrected chi connectivity index (χ3v) is 5.68. The van der Waals surface area contributed by atoms with Gasteiger partial charge in [-0.1, -0.05) is 11.6 Å². The van der Waals surface area contributed by atoms with Crippen LogP contribution in [0.15, 0.2) is 29.2 Å². The number of alkyl halides is 3. The minimum Gasteiger partial charge on any atom is -0.389 e. The highest BCUT2D eigenvalue weighted by Crippen LogP contribution is 2.30. The van der Waals surface area contributed by atoms with Crippen molar-refractivity contribution < 1.29 is 41.4 Å². The van der Waals surface area contributed by atoms with Gasteiger partial charge in [-0.2, -0.15) is 13.2 Å². The van der Waals surface area contributed by atoms with Gasteiger partial charge in [-0.15, -0.1) is 0 Å². The summed E-state index contributed by atoms with van der Waals surface area (Å²) in [5, 5.41) is 19.9. The number of benzene rings is 1. The second-order valence-corrected chi connectivity index (χ2v) is 8.37. The lowest BCUT2D eigenvalue weighted by molar-refractivity contribution is -0.123. The third kappa shape index (κ3) is 4.83. The molecule has 0 spiro atoms. The van der Waals surface area contributed by atoms with E-state index in [-0.39, 0.29) is 13.1 Å². The van der Waals surface area contributed by atoms with E-state index in [4.69, 9.17) is 11.6 Å². The molecule has 4 rings (SSSR count). The van der Waals surface area contributed by atoms with E-state index in [1.807, 2.05) is 0 Å². The molecule has 3 aromatic rings. The van der Waals surface area contributed by atoms with E-state index in [0.29, 0.717) is 29.0 Å². The van der Waals surface area contributed by atoms with E-state index in [0.717, 1.165) is 4.90 Å². The number of aromatic nitrogens is 2. The predicted molar refractivity (Wildman–Crippen MR) is 115 cm³/mol. The smallest absolute Gasteiger partial charge is 0.389 e. The topological polar surface area (TPSA) is 108 Å². The molecule has 2 atom stereocenters. The van der Waals surface area contributed by atoms with Crippen LogP contribution in [0.25, 0.3) is 16.7 Å². The fourth-order valence-corrected chi connectivity index (χ4v) is 4.04. The van der Waals surface area contributed by atoms with Crippen LogP contribution in [0.2, 0.25) is 5.02 Å². The SMILES string of the molecule is O=C(NCC(F)(F)F)c1cn(-c2c(F)cc(F)cc2Cl)c2nc(N3C[C@@H](O)[C@H](O)C3)c(F)cc2c1=O. The van der Waals surface area contributed by atoms with E-state index in [1.165, 1.54) is 5.32 Å². The van der Waals surface area contributed by atoms with Gasteiger partial charge in [0.1, 0.15) is 23.6 Å². The summed E-state index contributed by atoms with van der Waals surface area (Å²) in [6.45, 7) is -2.28. The zero-order valence-electron chi connectivity index (χ0n) is 17.8. The minimum atomic E-state index is -4.81. The van der Waals surface area contributed by atoms with Crippen molar-refractivity contribution in [2.45, 2.75) is 18.4 Å². The number of amides is 1. The Morgan fingerprint density at radius 3 is 2.33 bits per heavy atom. The number of nitrogens with zero attached hydrogens (tertiary/aromatic N) is 3. The van der Waals surface area contributed by atoms with Crippen molar-refractivity contribution in [1.29, 1.82) is 0 Å². The first kappa shape index (κ1) is 25.7. The molecule has 0 bridgehead atoms. The molecule has 1 saturated heterocycles. The quantitative estimate of drug-likeness (QED) is 0.442. The molecule has 0 unspecified atom stereocenters. The van der Waals surface area contributed by atoms with Gasteiger partial charge in [0.25, 0.3) is 5.91 Å². The molecule has 1 fully saturated rings. The summed E-state index contributed by atoms with van der Waals surface area (Å²) in [6.07, 6.45) is -6.65. The zero-order chi connectivity index (χ0) is 26.5. The Morgan fingerprint density at radius 2 is 1.75 bits per heavy atom. The Kier molecular flexibility index (Phi) is 6.62. The fourth-order valence-electron chi connectivity index (χ4n) is 3.75. The van der Waals surface area contributed by atoms with E-state index in [9.17, 15) is 46.1 Å². The van der Waals surface area contributed by atoms with Gasteiger partial charge in [0, 0.05) is 25.4 Å². The van der Waals surface area contributed by atoms with Crippen LogP contribution >= 0.6 is 11.6 Å². The van der Waals surface area contributed by atoms with Crippen LogP contribution in [-0.2, 0) is 0 Å². The summed E-state index contributed by atoms with van der Waals surface area (Å²) in [4.78, 5) is 30.5. The molecule has 1 aliphatic rings. The zero-order valence-corrected chi connectivity index (χ0v) is 18.5. The second-order valence-electron chi connectivity index (χ2n) is 7.96. The summed E-state index contributed by atoms with van der Waals surface area (Å²) >= 11 is 5.99. The predicted octanol–water partition coefficient (Wildman–Crippen LogP) is 2.29. The number of carbonyl (C=O) groups excluding carboxylic acids is 1. The number of pyridine rings is 2. The van der Waals surface area contributed by atoms with E-state index < -0.39 is 86.8 Å². The fraction of sp³-hybridized carbons (Fsp3) is 0.286. The van der Waals surface area contributed by atoms with E-state index >= 15 is 0 Å². The van der Waals surface area contributed by atoms with Crippen molar-refractivity contribution in [3.8, 4) is 5.69 Å². The Bertz CT molecular complexity index is 1400. The van der Waals surface area contributed by atoms with Crippen LogP contribution in [0, 0.1) is 17.5 Å². The van der Waals surface area contributed by atoms with Crippen LogP contribution in [0.3, 0.4) is 0 Å². The number of aliphatic hydroxyl groups excluding tert-OH is 2. The monoisotopic (exact) mass is 536 g/mol. The number of halogens is 7. The molecule has 0 saturated carbocycles. The molecular weight excluding hydrogens is 522 g/mol. The summed E-state index contributed by atoms with van der Waals surface area (Å²) in [5.41, 5.74) is -3.25. The molecule has 0 radical (unpaired) electrons.